The summed E-state index contributed by atoms with van der Waals surface area (Å²) in [7, 11) is -2.15. The molecule has 0 unspecified atom stereocenters. The highest BCUT2D eigenvalue weighted by Crippen LogP contribution is 2.31. The zero-order chi connectivity index (χ0) is 20.3. The lowest BCUT2D eigenvalue weighted by molar-refractivity contribution is -0.137. The Morgan fingerprint density at radius 1 is 1.18 bits per heavy atom. The Hall–Kier alpha value is -1.35. The van der Waals surface area contributed by atoms with Crippen molar-refractivity contribution in [2.45, 2.75) is 49.6 Å². The number of amides is 1. The van der Waals surface area contributed by atoms with E-state index in [1.165, 1.54) is 23.5 Å². The maximum Gasteiger partial charge on any atom is 0.243 e. The van der Waals surface area contributed by atoms with E-state index in [1.54, 1.807) is 13.0 Å². The third kappa shape index (κ3) is 4.45. The van der Waals surface area contributed by atoms with Crippen molar-refractivity contribution >= 4 is 27.5 Å². The number of carbonyl (C=O) groups is 1. The van der Waals surface area contributed by atoms with E-state index in [2.05, 4.69) is 0 Å². The van der Waals surface area contributed by atoms with Crippen LogP contribution in [0.15, 0.2) is 23.1 Å². The minimum atomic E-state index is -3.63. The molecule has 0 N–H and O–H groups in total. The summed E-state index contributed by atoms with van der Waals surface area (Å²) in [6.45, 7) is 3.69. The highest BCUT2D eigenvalue weighted by atomic mass is 35.5. The summed E-state index contributed by atoms with van der Waals surface area (Å²) in [6, 6.07) is 4.73. The summed E-state index contributed by atoms with van der Waals surface area (Å²) in [4.78, 5) is 14.4. The van der Waals surface area contributed by atoms with Gasteiger partial charge in [0.1, 0.15) is 5.75 Å². The minimum Gasteiger partial charge on any atom is -0.495 e. The zero-order valence-electron chi connectivity index (χ0n) is 16.3. The first kappa shape index (κ1) is 21.4. The maximum absolute atomic E-state index is 13.0. The first-order valence-electron chi connectivity index (χ1n) is 9.55. The van der Waals surface area contributed by atoms with E-state index in [4.69, 9.17) is 21.1 Å². The van der Waals surface area contributed by atoms with E-state index >= 15 is 0 Å². The number of halogens is 1. The molecule has 1 aromatic rings. The summed E-state index contributed by atoms with van der Waals surface area (Å²) in [5.41, 5.74) is 0. The van der Waals surface area contributed by atoms with Gasteiger partial charge in [0.15, 0.2) is 0 Å². The molecule has 7 nitrogen and oxygen atoms in total. The van der Waals surface area contributed by atoms with Gasteiger partial charge in [0.2, 0.25) is 15.9 Å². The monoisotopic (exact) mass is 430 g/mol. The fourth-order valence-corrected chi connectivity index (χ4v) is 5.91. The Morgan fingerprint density at radius 2 is 1.79 bits per heavy atom. The summed E-state index contributed by atoms with van der Waals surface area (Å²) in [6.07, 6.45) is 2.92. The number of sulfonamides is 1. The third-order valence-corrected chi connectivity index (χ3v) is 7.72. The molecule has 0 radical (unpaired) electrons. The van der Waals surface area contributed by atoms with E-state index in [9.17, 15) is 13.2 Å². The summed E-state index contributed by atoms with van der Waals surface area (Å²) < 4.78 is 37.9. The van der Waals surface area contributed by atoms with Crippen LogP contribution in [0.2, 0.25) is 5.02 Å². The predicted octanol–water partition coefficient (Wildman–Crippen LogP) is 2.53. The van der Waals surface area contributed by atoms with Crippen molar-refractivity contribution in [2.75, 3.05) is 33.4 Å². The Labute approximate surface area is 171 Å². The third-order valence-electron chi connectivity index (χ3n) is 5.53. The molecule has 0 spiro atoms. The molecule has 3 rings (SSSR count). The zero-order valence-corrected chi connectivity index (χ0v) is 17.8. The quantitative estimate of drug-likeness (QED) is 0.717. The van der Waals surface area contributed by atoms with E-state index in [1.807, 2.05) is 4.90 Å². The molecule has 0 bridgehead atoms. The number of hydrogen-bond acceptors (Lipinski definition) is 5. The average molecular weight is 431 g/mol. The van der Waals surface area contributed by atoms with Crippen LogP contribution in [0.3, 0.4) is 0 Å². The van der Waals surface area contributed by atoms with Gasteiger partial charge in [-0.3, -0.25) is 4.79 Å². The average Bonchev–Trinajstić information content (AvgIpc) is 2.69. The van der Waals surface area contributed by atoms with Crippen LogP contribution in [-0.2, 0) is 19.6 Å². The van der Waals surface area contributed by atoms with Gasteiger partial charge >= 0.3 is 0 Å². The molecule has 156 valence electrons. The summed E-state index contributed by atoms with van der Waals surface area (Å²) in [5, 5.41) is 0.265. The number of hydrogen-bond donors (Lipinski definition) is 0. The SMILES string of the molecule is COc1ccc(S(=O)(=O)N2CCC(N(C(C)=O)C3CCOCC3)CC2)cc1Cl. The van der Waals surface area contributed by atoms with Gasteiger partial charge in [0.25, 0.3) is 0 Å². The molecule has 2 aliphatic heterocycles. The van der Waals surface area contributed by atoms with Crippen molar-refractivity contribution < 1.29 is 22.7 Å². The molecule has 0 atom stereocenters. The molecule has 2 fully saturated rings. The van der Waals surface area contributed by atoms with Crippen LogP contribution in [0.25, 0.3) is 0 Å². The highest BCUT2D eigenvalue weighted by molar-refractivity contribution is 7.89. The second-order valence-electron chi connectivity index (χ2n) is 7.20. The fourth-order valence-electron chi connectivity index (χ4n) is 4.09. The maximum atomic E-state index is 13.0. The van der Waals surface area contributed by atoms with Crippen molar-refractivity contribution in [3.05, 3.63) is 23.2 Å². The number of benzene rings is 1. The van der Waals surface area contributed by atoms with Gasteiger partial charge in [-0.1, -0.05) is 11.6 Å². The number of methoxy groups -OCH3 is 1. The van der Waals surface area contributed by atoms with Crippen molar-refractivity contribution in [1.29, 1.82) is 0 Å². The second kappa shape index (κ2) is 8.98. The number of piperidine rings is 1. The van der Waals surface area contributed by atoms with Gasteiger partial charge in [0, 0.05) is 45.3 Å². The molecule has 9 heteroatoms. The first-order valence-corrected chi connectivity index (χ1v) is 11.4. The van der Waals surface area contributed by atoms with Crippen LogP contribution in [0, 0.1) is 0 Å². The number of carbonyl (C=O) groups excluding carboxylic acids is 1. The van der Waals surface area contributed by atoms with Crippen LogP contribution < -0.4 is 4.74 Å². The molecular weight excluding hydrogens is 404 g/mol. The fraction of sp³-hybridized carbons (Fsp3) is 0.632. The van der Waals surface area contributed by atoms with E-state index in [0.717, 1.165) is 12.8 Å². The number of rotatable bonds is 5. The molecule has 28 heavy (non-hydrogen) atoms. The molecule has 1 aromatic carbocycles. The summed E-state index contributed by atoms with van der Waals surface area (Å²) in [5.74, 6) is 0.489. The Morgan fingerprint density at radius 3 is 2.32 bits per heavy atom. The molecule has 2 saturated heterocycles. The molecule has 0 aliphatic carbocycles. The molecule has 1 amide bonds. The molecule has 2 aliphatic rings. The van der Waals surface area contributed by atoms with Gasteiger partial charge in [0.05, 0.1) is 17.0 Å². The second-order valence-corrected chi connectivity index (χ2v) is 9.55. The van der Waals surface area contributed by atoms with E-state index in [-0.39, 0.29) is 27.9 Å². The standard InChI is InChI=1S/C19H27ClN2O5S/c1-14(23)22(16-7-11-27-12-8-16)15-5-9-21(10-6-15)28(24,25)17-3-4-19(26-2)18(20)13-17/h3-4,13,15-16H,5-12H2,1-2H3. The highest BCUT2D eigenvalue weighted by Gasteiger charge is 2.35. The van der Waals surface area contributed by atoms with Crippen molar-refractivity contribution in [3.63, 3.8) is 0 Å². The molecule has 0 saturated carbocycles. The van der Waals surface area contributed by atoms with Crippen LogP contribution in [-0.4, -0.2) is 69.0 Å². The normalized spacial score (nSPS) is 20.1. The van der Waals surface area contributed by atoms with Crippen LogP contribution in [0.1, 0.15) is 32.6 Å². The Bertz CT molecular complexity index is 803. The van der Waals surface area contributed by atoms with Crippen LogP contribution in [0.5, 0.6) is 5.75 Å². The minimum absolute atomic E-state index is 0.0511. The van der Waals surface area contributed by atoms with Crippen molar-refractivity contribution in [3.8, 4) is 5.75 Å². The van der Waals surface area contributed by atoms with E-state index in [0.29, 0.717) is 44.9 Å². The predicted molar refractivity (Wildman–Crippen MR) is 106 cm³/mol. The van der Waals surface area contributed by atoms with Crippen molar-refractivity contribution in [1.82, 2.24) is 9.21 Å². The van der Waals surface area contributed by atoms with Crippen LogP contribution in [0.4, 0.5) is 0 Å². The Balaban J connectivity index is 1.69. The lowest BCUT2D eigenvalue weighted by atomic mass is 9.99. The molecular formula is C19H27ClN2O5S. The van der Waals surface area contributed by atoms with Crippen LogP contribution >= 0.6 is 11.6 Å². The first-order chi connectivity index (χ1) is 13.3. The van der Waals surface area contributed by atoms with Gasteiger partial charge in [-0.05, 0) is 43.9 Å². The summed E-state index contributed by atoms with van der Waals surface area (Å²) >= 11 is 6.10. The topological polar surface area (TPSA) is 76.2 Å². The smallest absolute Gasteiger partial charge is 0.243 e. The lowest BCUT2D eigenvalue weighted by Crippen LogP contribution is -2.53. The van der Waals surface area contributed by atoms with Gasteiger partial charge in [-0.25, -0.2) is 8.42 Å². The van der Waals surface area contributed by atoms with E-state index < -0.39 is 10.0 Å². The van der Waals surface area contributed by atoms with Gasteiger partial charge < -0.3 is 14.4 Å². The molecule has 0 aromatic heterocycles. The lowest BCUT2D eigenvalue weighted by Gasteiger charge is -2.43. The number of ether oxygens (including phenoxy) is 2. The molecule has 2 heterocycles. The van der Waals surface area contributed by atoms with Crippen molar-refractivity contribution in [2.24, 2.45) is 0 Å². The van der Waals surface area contributed by atoms with Gasteiger partial charge in [-0.2, -0.15) is 4.31 Å². The van der Waals surface area contributed by atoms with Gasteiger partial charge in [-0.15, -0.1) is 0 Å². The largest absolute Gasteiger partial charge is 0.495 e. The Kier molecular flexibility index (Phi) is 6.85. The number of nitrogens with zero attached hydrogens (tertiary/aromatic N) is 2.